The summed E-state index contributed by atoms with van der Waals surface area (Å²) in [6.07, 6.45) is 0. The molecule has 0 atom stereocenters. The molecule has 1 N–H and O–H groups in total. The highest BCUT2D eigenvalue weighted by molar-refractivity contribution is 7.99. The van der Waals surface area contributed by atoms with Crippen molar-refractivity contribution >= 4 is 23.4 Å². The van der Waals surface area contributed by atoms with E-state index in [0.29, 0.717) is 12.1 Å². The molecule has 0 bridgehead atoms. The number of nitrogens with zero attached hydrogens (tertiary/aromatic N) is 1. The molecule has 4 nitrogen and oxygen atoms in total. The van der Waals surface area contributed by atoms with Crippen LogP contribution in [0.5, 0.6) is 5.75 Å². The molecule has 0 fully saturated rings. The first-order valence-corrected chi connectivity index (χ1v) is 8.55. The minimum absolute atomic E-state index is 0.0559. The summed E-state index contributed by atoms with van der Waals surface area (Å²) in [7, 11) is 3.70. The van der Waals surface area contributed by atoms with Gasteiger partial charge in [-0.1, -0.05) is 12.1 Å². The van der Waals surface area contributed by atoms with Gasteiger partial charge in [-0.3, -0.25) is 4.79 Å². The number of benzene rings is 2. The van der Waals surface area contributed by atoms with Gasteiger partial charge < -0.3 is 15.0 Å². The minimum atomic E-state index is -0.0559. The number of rotatable bonds is 4. The van der Waals surface area contributed by atoms with E-state index in [1.54, 1.807) is 7.11 Å². The summed E-state index contributed by atoms with van der Waals surface area (Å²) in [6.45, 7) is 1.49. The lowest BCUT2D eigenvalue weighted by Crippen LogP contribution is -2.26. The van der Waals surface area contributed by atoms with E-state index in [1.807, 2.05) is 54.2 Å². The predicted octanol–water partition coefficient (Wildman–Crippen LogP) is 3.17. The van der Waals surface area contributed by atoms with Crippen molar-refractivity contribution in [2.45, 2.75) is 11.4 Å². The van der Waals surface area contributed by atoms with Crippen LogP contribution in [0, 0.1) is 0 Å². The topological polar surface area (TPSA) is 41.6 Å². The molecule has 0 aromatic heterocycles. The zero-order valence-electron chi connectivity index (χ0n) is 13.3. The van der Waals surface area contributed by atoms with Gasteiger partial charge in [-0.25, -0.2) is 0 Å². The highest BCUT2D eigenvalue weighted by atomic mass is 32.2. The van der Waals surface area contributed by atoms with Gasteiger partial charge in [0.1, 0.15) is 5.75 Å². The first kappa shape index (κ1) is 15.7. The van der Waals surface area contributed by atoms with Crippen LogP contribution in [0.25, 0.3) is 0 Å². The molecule has 5 heteroatoms. The Morgan fingerprint density at radius 3 is 3.00 bits per heavy atom. The van der Waals surface area contributed by atoms with E-state index < -0.39 is 0 Å². The highest BCUT2D eigenvalue weighted by Gasteiger charge is 2.16. The first-order valence-electron chi connectivity index (χ1n) is 7.56. The molecule has 1 aliphatic heterocycles. The Kier molecular flexibility index (Phi) is 4.76. The number of anilines is 1. The predicted molar refractivity (Wildman–Crippen MR) is 94.6 cm³/mol. The zero-order valence-corrected chi connectivity index (χ0v) is 14.2. The lowest BCUT2D eigenvalue weighted by Gasteiger charge is -2.27. The summed E-state index contributed by atoms with van der Waals surface area (Å²) in [5.41, 5.74) is 2.85. The molecule has 1 heterocycles. The summed E-state index contributed by atoms with van der Waals surface area (Å²) >= 11 is 1.84. The molecule has 0 saturated carbocycles. The van der Waals surface area contributed by atoms with Gasteiger partial charge in [0.25, 0.3) is 5.91 Å². The monoisotopic (exact) mass is 328 g/mol. The van der Waals surface area contributed by atoms with Crippen LogP contribution >= 0.6 is 11.8 Å². The second kappa shape index (κ2) is 6.96. The average Bonchev–Trinajstić information content (AvgIpc) is 2.60. The number of carbonyl (C=O) groups is 1. The van der Waals surface area contributed by atoms with E-state index >= 15 is 0 Å². The SMILES string of the molecule is COc1cccc(CNC(=O)c2ccc3c(c2)N(C)CCS3)c1. The molecular formula is C18H20N2O2S. The fraction of sp³-hybridized carbons (Fsp3) is 0.278. The van der Waals surface area contributed by atoms with Gasteiger partial charge in [-0.15, -0.1) is 11.8 Å². The third kappa shape index (κ3) is 3.62. The van der Waals surface area contributed by atoms with Crippen LogP contribution in [0.15, 0.2) is 47.4 Å². The maximum absolute atomic E-state index is 12.4. The number of nitrogens with one attached hydrogen (secondary N) is 1. The van der Waals surface area contributed by atoms with Crippen LogP contribution in [0.1, 0.15) is 15.9 Å². The number of methoxy groups -OCH3 is 1. The molecular weight excluding hydrogens is 308 g/mol. The molecule has 0 spiro atoms. The molecule has 0 unspecified atom stereocenters. The Morgan fingerprint density at radius 1 is 1.30 bits per heavy atom. The zero-order chi connectivity index (χ0) is 16.2. The summed E-state index contributed by atoms with van der Waals surface area (Å²) in [4.78, 5) is 15.8. The molecule has 2 aromatic carbocycles. The van der Waals surface area contributed by atoms with Gasteiger partial charge in [0, 0.05) is 36.3 Å². The van der Waals surface area contributed by atoms with Crippen LogP contribution in [-0.2, 0) is 6.54 Å². The van der Waals surface area contributed by atoms with Crippen molar-refractivity contribution in [2.75, 3.05) is 31.4 Å². The number of thioether (sulfide) groups is 1. The lowest BCUT2D eigenvalue weighted by atomic mass is 10.1. The Hall–Kier alpha value is -2.14. The number of fused-ring (bicyclic) bond motifs is 1. The largest absolute Gasteiger partial charge is 0.497 e. The molecule has 0 saturated heterocycles. The Bertz CT molecular complexity index is 718. The molecule has 0 radical (unpaired) electrons. The fourth-order valence-electron chi connectivity index (χ4n) is 2.56. The third-order valence-corrected chi connectivity index (χ3v) is 4.95. The Morgan fingerprint density at radius 2 is 2.17 bits per heavy atom. The van der Waals surface area contributed by atoms with E-state index in [-0.39, 0.29) is 5.91 Å². The van der Waals surface area contributed by atoms with Gasteiger partial charge in [-0.05, 0) is 35.9 Å². The number of hydrogen-bond donors (Lipinski definition) is 1. The number of hydrogen-bond acceptors (Lipinski definition) is 4. The van der Waals surface area contributed by atoms with Gasteiger partial charge in [0.05, 0.1) is 12.8 Å². The second-order valence-electron chi connectivity index (χ2n) is 5.49. The molecule has 3 rings (SSSR count). The summed E-state index contributed by atoms with van der Waals surface area (Å²) in [5.74, 6) is 1.83. The van der Waals surface area contributed by atoms with Gasteiger partial charge in [-0.2, -0.15) is 0 Å². The van der Waals surface area contributed by atoms with E-state index in [4.69, 9.17) is 4.74 Å². The summed E-state index contributed by atoms with van der Waals surface area (Å²) in [6, 6.07) is 13.6. The number of carbonyl (C=O) groups excluding carboxylic acids is 1. The van der Waals surface area contributed by atoms with Crippen LogP contribution in [0.2, 0.25) is 0 Å². The van der Waals surface area contributed by atoms with Crippen molar-refractivity contribution in [3.8, 4) is 5.75 Å². The van der Waals surface area contributed by atoms with Crippen molar-refractivity contribution in [1.82, 2.24) is 5.32 Å². The normalized spacial score (nSPS) is 13.4. The average molecular weight is 328 g/mol. The second-order valence-corrected chi connectivity index (χ2v) is 6.62. The van der Waals surface area contributed by atoms with Crippen LogP contribution in [-0.4, -0.2) is 32.4 Å². The van der Waals surface area contributed by atoms with Crippen LogP contribution in [0.3, 0.4) is 0 Å². The molecule has 23 heavy (non-hydrogen) atoms. The molecule has 2 aromatic rings. The molecule has 1 amide bonds. The number of ether oxygens (including phenoxy) is 1. The summed E-state index contributed by atoms with van der Waals surface area (Å²) in [5, 5.41) is 2.97. The quantitative estimate of drug-likeness (QED) is 0.936. The van der Waals surface area contributed by atoms with Gasteiger partial charge in [0.15, 0.2) is 0 Å². The van der Waals surface area contributed by atoms with Gasteiger partial charge >= 0.3 is 0 Å². The fourth-order valence-corrected chi connectivity index (χ4v) is 3.67. The maximum atomic E-state index is 12.4. The maximum Gasteiger partial charge on any atom is 0.251 e. The van der Waals surface area contributed by atoms with Crippen LogP contribution < -0.4 is 15.0 Å². The smallest absolute Gasteiger partial charge is 0.251 e. The van der Waals surface area contributed by atoms with Gasteiger partial charge in [0.2, 0.25) is 0 Å². The molecule has 0 aliphatic carbocycles. The van der Waals surface area contributed by atoms with Crippen molar-refractivity contribution in [3.63, 3.8) is 0 Å². The van der Waals surface area contributed by atoms with E-state index in [2.05, 4.69) is 17.3 Å². The minimum Gasteiger partial charge on any atom is -0.497 e. The summed E-state index contributed by atoms with van der Waals surface area (Å²) < 4.78 is 5.20. The number of amides is 1. The third-order valence-electron chi connectivity index (χ3n) is 3.90. The molecule has 120 valence electrons. The van der Waals surface area contributed by atoms with E-state index in [0.717, 1.165) is 29.3 Å². The highest BCUT2D eigenvalue weighted by Crippen LogP contribution is 2.34. The van der Waals surface area contributed by atoms with E-state index in [9.17, 15) is 4.79 Å². The van der Waals surface area contributed by atoms with Crippen LogP contribution in [0.4, 0.5) is 5.69 Å². The molecule has 1 aliphatic rings. The van der Waals surface area contributed by atoms with Crippen molar-refractivity contribution in [3.05, 3.63) is 53.6 Å². The Balaban J connectivity index is 1.69. The standard InChI is InChI=1S/C18H20N2O2S/c1-20-8-9-23-17-7-6-14(11-16(17)20)18(21)19-12-13-4-3-5-15(10-13)22-2/h3-7,10-11H,8-9,12H2,1-2H3,(H,19,21). The van der Waals surface area contributed by atoms with E-state index in [1.165, 1.54) is 4.90 Å². The first-order chi connectivity index (χ1) is 11.2. The Labute approximate surface area is 140 Å². The van der Waals surface area contributed by atoms with Crippen molar-refractivity contribution < 1.29 is 9.53 Å². The van der Waals surface area contributed by atoms with Crippen molar-refractivity contribution in [1.29, 1.82) is 0 Å². The lowest BCUT2D eigenvalue weighted by molar-refractivity contribution is 0.0951. The van der Waals surface area contributed by atoms with Crippen molar-refractivity contribution in [2.24, 2.45) is 0 Å².